The van der Waals surface area contributed by atoms with Crippen molar-refractivity contribution >= 4 is 16.7 Å². The Morgan fingerprint density at radius 1 is 1.24 bits per heavy atom. The molecule has 0 N–H and O–H groups in total. The van der Waals surface area contributed by atoms with Gasteiger partial charge in [0.1, 0.15) is 16.7 Å². The number of hydrogen-bond acceptors (Lipinski definition) is 2. The molecule has 0 aromatic heterocycles. The Labute approximate surface area is 106 Å². The average molecular weight is 253 g/mol. The average Bonchev–Trinajstić information content (AvgIpc) is 2.27. The topological polar surface area (TPSA) is 38.7 Å². The molecule has 0 radical (unpaired) electrons. The van der Waals surface area contributed by atoms with E-state index in [0.717, 1.165) is 17.0 Å². The highest BCUT2D eigenvalue weighted by Crippen LogP contribution is 2.16. The van der Waals surface area contributed by atoms with E-state index in [0.29, 0.717) is 0 Å². The molecule has 0 fully saturated rings. The van der Waals surface area contributed by atoms with Gasteiger partial charge in [0.15, 0.2) is 0 Å². The lowest BCUT2D eigenvalue weighted by Gasteiger charge is -2.14. The molecule has 1 rings (SSSR count). The lowest BCUT2D eigenvalue weighted by Crippen LogP contribution is -2.20. The van der Waals surface area contributed by atoms with Crippen molar-refractivity contribution in [3.05, 3.63) is 29.8 Å². The summed E-state index contributed by atoms with van der Waals surface area (Å²) in [4.78, 5) is 0. The molecule has 3 nitrogen and oxygen atoms in total. The minimum absolute atomic E-state index is 0.326. The lowest BCUT2D eigenvalue weighted by molar-refractivity contribution is 0.415. The van der Waals surface area contributed by atoms with Crippen LogP contribution in [-0.4, -0.2) is 21.8 Å². The molecule has 1 aromatic rings. The second kappa shape index (κ2) is 5.45. The van der Waals surface area contributed by atoms with Crippen LogP contribution in [0.3, 0.4) is 0 Å². The van der Waals surface area contributed by atoms with Crippen LogP contribution in [0.25, 0.3) is 0 Å². The number of rotatable bonds is 3. The molecule has 0 aliphatic rings. The van der Waals surface area contributed by atoms with Crippen molar-refractivity contribution in [2.24, 2.45) is 4.40 Å². The summed E-state index contributed by atoms with van der Waals surface area (Å²) in [6, 6.07) is 7.57. The van der Waals surface area contributed by atoms with E-state index in [2.05, 4.69) is 4.40 Å². The molecule has 0 spiro atoms. The molecule has 0 saturated carbocycles. The molecule has 0 saturated heterocycles. The first-order valence-electron chi connectivity index (χ1n) is 5.46. The summed E-state index contributed by atoms with van der Waals surface area (Å²) < 4.78 is 20.9. The van der Waals surface area contributed by atoms with E-state index in [1.165, 1.54) is 0 Å². The quantitative estimate of drug-likeness (QED) is 0.777. The van der Waals surface area contributed by atoms with Gasteiger partial charge in [-0.15, -0.1) is 0 Å². The third-order valence-corrected chi connectivity index (χ3v) is 3.74. The molecule has 1 unspecified atom stereocenters. The number of hydrogen-bond donors (Lipinski definition) is 0. The predicted molar refractivity (Wildman–Crippen MR) is 73.1 cm³/mol. The summed E-state index contributed by atoms with van der Waals surface area (Å²) >= 11 is 0. The Morgan fingerprint density at radius 2 is 1.76 bits per heavy atom. The van der Waals surface area contributed by atoms with Crippen LogP contribution in [-0.2, 0) is 11.0 Å². The maximum Gasteiger partial charge on any atom is 0.145 e. The van der Waals surface area contributed by atoms with E-state index >= 15 is 0 Å². The Bertz CT molecular complexity index is 430. The van der Waals surface area contributed by atoms with Gasteiger partial charge in [0, 0.05) is 0 Å². The summed E-state index contributed by atoms with van der Waals surface area (Å²) in [6.07, 6.45) is 0. The molecule has 0 bridgehead atoms. The molecular formula is C13H19NO2S. The monoisotopic (exact) mass is 253 g/mol. The van der Waals surface area contributed by atoms with E-state index in [4.69, 9.17) is 4.74 Å². The highest BCUT2D eigenvalue weighted by atomic mass is 32.2. The summed E-state index contributed by atoms with van der Waals surface area (Å²) in [7, 11) is 0.411. The lowest BCUT2D eigenvalue weighted by atomic mass is 10.1. The van der Waals surface area contributed by atoms with Crippen molar-refractivity contribution in [2.45, 2.75) is 32.4 Å². The van der Waals surface area contributed by atoms with Gasteiger partial charge in [-0.2, -0.15) is 4.40 Å². The molecule has 0 heterocycles. The van der Waals surface area contributed by atoms with Crippen molar-refractivity contribution in [2.75, 3.05) is 7.11 Å². The van der Waals surface area contributed by atoms with E-state index in [-0.39, 0.29) is 4.75 Å². The van der Waals surface area contributed by atoms with E-state index in [1.807, 2.05) is 52.0 Å². The standard InChI is InChI=1S/C13H19NO2S/c1-10(14-17(15)13(2,3)4)11-6-8-12(16-5)9-7-11/h6-9H,1-5H3/b14-10+. The van der Waals surface area contributed by atoms with E-state index < -0.39 is 11.0 Å². The van der Waals surface area contributed by atoms with Crippen molar-refractivity contribution in [3.8, 4) is 5.75 Å². The van der Waals surface area contributed by atoms with Crippen molar-refractivity contribution < 1.29 is 8.95 Å². The second-order valence-electron chi connectivity index (χ2n) is 4.77. The summed E-state index contributed by atoms with van der Waals surface area (Å²) in [5.74, 6) is 0.804. The molecule has 1 atom stereocenters. The largest absolute Gasteiger partial charge is 0.497 e. The van der Waals surface area contributed by atoms with Crippen LogP contribution in [0.1, 0.15) is 33.3 Å². The van der Waals surface area contributed by atoms with Gasteiger partial charge < -0.3 is 4.74 Å². The minimum atomic E-state index is -1.22. The number of nitrogens with zero attached hydrogens (tertiary/aromatic N) is 1. The molecule has 1 aromatic carbocycles. The van der Waals surface area contributed by atoms with Crippen molar-refractivity contribution in [1.29, 1.82) is 0 Å². The highest BCUT2D eigenvalue weighted by molar-refractivity contribution is 7.85. The van der Waals surface area contributed by atoms with Crippen LogP contribution in [0.15, 0.2) is 28.7 Å². The number of ether oxygens (including phenoxy) is 1. The summed E-state index contributed by atoms with van der Waals surface area (Å²) in [6.45, 7) is 7.60. The number of benzene rings is 1. The van der Waals surface area contributed by atoms with Crippen LogP contribution >= 0.6 is 0 Å². The second-order valence-corrected chi connectivity index (χ2v) is 6.67. The first-order chi connectivity index (χ1) is 7.84. The normalized spacial score (nSPS) is 14.5. The molecule has 0 amide bonds. The smallest absolute Gasteiger partial charge is 0.145 e. The zero-order chi connectivity index (χ0) is 13.1. The summed E-state index contributed by atoms with van der Waals surface area (Å²) in [5, 5.41) is 0. The molecule has 0 aliphatic carbocycles. The zero-order valence-corrected chi connectivity index (χ0v) is 11.8. The Morgan fingerprint density at radius 3 is 2.18 bits per heavy atom. The minimum Gasteiger partial charge on any atom is -0.497 e. The molecule has 94 valence electrons. The first kappa shape index (κ1) is 13.9. The molecule has 4 heteroatoms. The van der Waals surface area contributed by atoms with Crippen LogP contribution in [0.2, 0.25) is 0 Å². The molecular weight excluding hydrogens is 234 g/mol. The van der Waals surface area contributed by atoms with Crippen LogP contribution in [0, 0.1) is 0 Å². The summed E-state index contributed by atoms with van der Waals surface area (Å²) in [5.41, 5.74) is 1.74. The Balaban J connectivity index is 2.92. The van der Waals surface area contributed by atoms with Gasteiger partial charge in [-0.25, -0.2) is 4.21 Å². The Hall–Kier alpha value is -1.16. The van der Waals surface area contributed by atoms with E-state index in [9.17, 15) is 4.21 Å². The fourth-order valence-electron chi connectivity index (χ4n) is 1.15. The Kier molecular flexibility index (Phi) is 4.46. The van der Waals surface area contributed by atoms with Crippen LogP contribution < -0.4 is 4.74 Å². The van der Waals surface area contributed by atoms with Crippen LogP contribution in [0.5, 0.6) is 5.75 Å². The van der Waals surface area contributed by atoms with Gasteiger partial charge >= 0.3 is 0 Å². The fourth-order valence-corrected chi connectivity index (χ4v) is 1.77. The highest BCUT2D eigenvalue weighted by Gasteiger charge is 2.19. The zero-order valence-electron chi connectivity index (χ0n) is 11.0. The fraction of sp³-hybridized carbons (Fsp3) is 0.462. The third kappa shape index (κ3) is 3.97. The number of methoxy groups -OCH3 is 1. The third-order valence-electron chi connectivity index (χ3n) is 2.25. The van der Waals surface area contributed by atoms with Gasteiger partial charge in [0.05, 0.1) is 17.6 Å². The van der Waals surface area contributed by atoms with E-state index in [1.54, 1.807) is 7.11 Å². The maximum absolute atomic E-state index is 11.9. The van der Waals surface area contributed by atoms with Gasteiger partial charge in [0.2, 0.25) is 0 Å². The van der Waals surface area contributed by atoms with Crippen molar-refractivity contribution in [1.82, 2.24) is 0 Å². The SMILES string of the molecule is COc1ccc(/C(C)=N/S(=O)C(C)(C)C)cc1. The molecule has 0 aliphatic heterocycles. The van der Waals surface area contributed by atoms with Gasteiger partial charge in [-0.3, -0.25) is 0 Å². The predicted octanol–water partition coefficient (Wildman–Crippen LogP) is 2.97. The first-order valence-corrected chi connectivity index (χ1v) is 6.57. The van der Waals surface area contributed by atoms with Gasteiger partial charge in [-0.05, 0) is 57.5 Å². The van der Waals surface area contributed by atoms with Crippen LogP contribution in [0.4, 0.5) is 0 Å². The van der Waals surface area contributed by atoms with Gasteiger partial charge in [-0.1, -0.05) is 0 Å². The van der Waals surface area contributed by atoms with Crippen molar-refractivity contribution in [3.63, 3.8) is 0 Å². The maximum atomic E-state index is 11.9. The van der Waals surface area contributed by atoms with Gasteiger partial charge in [0.25, 0.3) is 0 Å². The molecule has 17 heavy (non-hydrogen) atoms.